The second kappa shape index (κ2) is 5.68. The van der Waals surface area contributed by atoms with Crippen molar-refractivity contribution in [1.82, 2.24) is 4.98 Å². The van der Waals surface area contributed by atoms with E-state index >= 15 is 0 Å². The molecular weight excluding hydrogens is 295 g/mol. The van der Waals surface area contributed by atoms with Crippen LogP contribution < -0.4 is 0 Å². The molecule has 21 heavy (non-hydrogen) atoms. The quantitative estimate of drug-likeness (QED) is 0.688. The van der Waals surface area contributed by atoms with Crippen molar-refractivity contribution in [3.63, 3.8) is 0 Å². The van der Waals surface area contributed by atoms with Gasteiger partial charge in [0.05, 0.1) is 22.8 Å². The first-order valence-electron chi connectivity index (χ1n) is 6.64. The third kappa shape index (κ3) is 3.29. The van der Waals surface area contributed by atoms with Crippen molar-refractivity contribution in [1.29, 1.82) is 0 Å². The van der Waals surface area contributed by atoms with E-state index in [2.05, 4.69) is 4.98 Å². The molecule has 2 rings (SSSR count). The summed E-state index contributed by atoms with van der Waals surface area (Å²) in [6, 6.07) is 1.44. The van der Waals surface area contributed by atoms with Crippen LogP contribution in [0.4, 0.5) is 4.39 Å². The first kappa shape index (κ1) is 16.4. The Labute approximate surface area is 129 Å². The van der Waals surface area contributed by atoms with Crippen LogP contribution in [0.2, 0.25) is 5.02 Å². The Morgan fingerprint density at radius 1 is 1.38 bits per heavy atom. The second-order valence-corrected chi connectivity index (χ2v) is 6.41. The van der Waals surface area contributed by atoms with E-state index in [1.165, 1.54) is 12.3 Å². The van der Waals surface area contributed by atoms with Gasteiger partial charge in [-0.2, -0.15) is 4.39 Å². The van der Waals surface area contributed by atoms with Crippen molar-refractivity contribution in [3.05, 3.63) is 34.3 Å². The van der Waals surface area contributed by atoms with Crippen LogP contribution in [-0.4, -0.2) is 35.0 Å². The zero-order valence-corrected chi connectivity index (χ0v) is 13.2. The van der Waals surface area contributed by atoms with Crippen LogP contribution in [0.25, 0.3) is 6.08 Å². The zero-order chi connectivity index (χ0) is 15.8. The molecule has 1 aliphatic rings. The zero-order valence-electron chi connectivity index (χ0n) is 12.5. The fraction of sp³-hybridized carbons (Fsp3) is 0.500. The van der Waals surface area contributed by atoms with Crippen molar-refractivity contribution >= 4 is 24.8 Å². The van der Waals surface area contributed by atoms with Crippen molar-refractivity contribution in [2.24, 2.45) is 0 Å². The lowest BCUT2D eigenvalue weighted by atomic mass is 9.77. The molecule has 114 valence electrons. The van der Waals surface area contributed by atoms with Gasteiger partial charge in [0.2, 0.25) is 5.95 Å². The van der Waals surface area contributed by atoms with Gasteiger partial charge in [-0.1, -0.05) is 17.7 Å². The van der Waals surface area contributed by atoms with E-state index in [1.807, 2.05) is 27.7 Å². The van der Waals surface area contributed by atoms with Crippen molar-refractivity contribution in [2.45, 2.75) is 38.9 Å². The van der Waals surface area contributed by atoms with E-state index in [9.17, 15) is 9.50 Å². The summed E-state index contributed by atoms with van der Waals surface area (Å²) in [5.74, 6) is -0.727. The number of hydrogen-bond acceptors (Lipinski definition) is 4. The van der Waals surface area contributed by atoms with E-state index < -0.39 is 24.3 Å². The Morgan fingerprint density at radius 3 is 2.43 bits per heavy atom. The number of nitrogens with zero attached hydrogens (tertiary/aromatic N) is 1. The van der Waals surface area contributed by atoms with Crippen LogP contribution in [0.3, 0.4) is 0 Å². The maximum absolute atomic E-state index is 13.1. The Kier molecular flexibility index (Phi) is 4.45. The number of rotatable bonds is 3. The van der Waals surface area contributed by atoms with E-state index in [4.69, 9.17) is 20.9 Å². The van der Waals surface area contributed by atoms with Gasteiger partial charge in [-0.05, 0) is 44.8 Å². The minimum Gasteiger partial charge on any atom is -0.400 e. The lowest BCUT2D eigenvalue weighted by molar-refractivity contribution is 0.00578. The number of halogens is 2. The Bertz CT molecular complexity index is 561. The van der Waals surface area contributed by atoms with Crippen molar-refractivity contribution in [3.8, 4) is 0 Å². The molecule has 0 radical (unpaired) electrons. The van der Waals surface area contributed by atoms with Crippen LogP contribution in [0, 0.1) is 5.95 Å². The molecule has 1 aromatic heterocycles. The SMILES string of the molecule is CC1(C)OB(C(=Cc2cnc(F)c(Cl)c2)CO)OC1(C)C. The topological polar surface area (TPSA) is 51.6 Å². The van der Waals surface area contributed by atoms with Crippen molar-refractivity contribution < 1.29 is 18.8 Å². The molecule has 1 N–H and O–H groups in total. The average molecular weight is 314 g/mol. The first-order chi connectivity index (χ1) is 9.66. The molecule has 1 aliphatic heterocycles. The predicted octanol–water partition coefficient (Wildman–Crippen LogP) is 2.88. The molecule has 0 spiro atoms. The maximum Gasteiger partial charge on any atom is 0.492 e. The predicted molar refractivity (Wildman–Crippen MR) is 80.3 cm³/mol. The highest BCUT2D eigenvalue weighted by molar-refractivity contribution is 6.55. The van der Waals surface area contributed by atoms with Crippen LogP contribution in [0.1, 0.15) is 33.3 Å². The molecule has 0 bridgehead atoms. The lowest BCUT2D eigenvalue weighted by Gasteiger charge is -2.32. The second-order valence-electron chi connectivity index (χ2n) is 6.01. The fourth-order valence-electron chi connectivity index (χ4n) is 1.91. The Balaban J connectivity index is 2.28. The third-order valence-corrected chi connectivity index (χ3v) is 4.17. The summed E-state index contributed by atoms with van der Waals surface area (Å²) in [5, 5.41) is 9.48. The molecule has 0 aliphatic carbocycles. The first-order valence-corrected chi connectivity index (χ1v) is 7.02. The third-order valence-electron chi connectivity index (χ3n) is 3.91. The summed E-state index contributed by atoms with van der Waals surface area (Å²) in [6.07, 6.45) is 2.97. The van der Waals surface area contributed by atoms with Crippen LogP contribution in [0.15, 0.2) is 17.7 Å². The average Bonchev–Trinajstić information content (AvgIpc) is 2.59. The molecule has 0 saturated carbocycles. The standard InChI is InChI=1S/C14H18BClFNO3/c1-13(2)14(3,4)21-15(20-13)10(8-19)5-9-6-11(16)12(17)18-7-9/h5-7,19H,8H2,1-4H3. The van der Waals surface area contributed by atoms with E-state index in [-0.39, 0.29) is 11.6 Å². The van der Waals surface area contributed by atoms with Crippen LogP contribution >= 0.6 is 11.6 Å². The number of aliphatic hydroxyl groups is 1. The van der Waals surface area contributed by atoms with Crippen molar-refractivity contribution in [2.75, 3.05) is 6.61 Å². The van der Waals surface area contributed by atoms with Gasteiger partial charge in [-0.25, -0.2) is 4.98 Å². The maximum atomic E-state index is 13.1. The summed E-state index contributed by atoms with van der Waals surface area (Å²) in [5.41, 5.74) is 0.105. The van der Waals surface area contributed by atoms with Crippen LogP contribution in [-0.2, 0) is 9.31 Å². The van der Waals surface area contributed by atoms with Gasteiger partial charge in [0, 0.05) is 6.20 Å². The lowest BCUT2D eigenvalue weighted by Crippen LogP contribution is -2.41. The molecular formula is C14H18BClFNO3. The number of hydrogen-bond donors (Lipinski definition) is 1. The van der Waals surface area contributed by atoms with Gasteiger partial charge >= 0.3 is 7.12 Å². The Hall–Kier alpha value is -0.945. The van der Waals surface area contributed by atoms with Gasteiger partial charge in [0.15, 0.2) is 0 Å². The highest BCUT2D eigenvalue weighted by atomic mass is 35.5. The summed E-state index contributed by atoms with van der Waals surface area (Å²) < 4.78 is 24.8. The summed E-state index contributed by atoms with van der Waals surface area (Å²) >= 11 is 5.70. The van der Waals surface area contributed by atoms with E-state index in [0.29, 0.717) is 11.0 Å². The highest BCUT2D eigenvalue weighted by Crippen LogP contribution is 2.38. The summed E-state index contributed by atoms with van der Waals surface area (Å²) in [4.78, 5) is 3.54. The molecule has 1 saturated heterocycles. The van der Waals surface area contributed by atoms with E-state index in [0.717, 1.165) is 0 Å². The minimum absolute atomic E-state index is 0.0741. The van der Waals surface area contributed by atoms with Gasteiger partial charge < -0.3 is 14.4 Å². The van der Waals surface area contributed by atoms with Gasteiger partial charge in [0.1, 0.15) is 0 Å². The molecule has 2 heterocycles. The fourth-order valence-corrected chi connectivity index (χ4v) is 2.09. The minimum atomic E-state index is -0.727. The summed E-state index contributed by atoms with van der Waals surface area (Å²) in [6.45, 7) is 7.47. The number of pyridine rings is 1. The smallest absolute Gasteiger partial charge is 0.400 e. The molecule has 1 aromatic rings. The molecule has 1 fully saturated rings. The normalized spacial score (nSPS) is 20.9. The van der Waals surface area contributed by atoms with Crippen LogP contribution in [0.5, 0.6) is 0 Å². The Morgan fingerprint density at radius 2 is 1.95 bits per heavy atom. The molecule has 0 atom stereocenters. The monoisotopic (exact) mass is 313 g/mol. The highest BCUT2D eigenvalue weighted by Gasteiger charge is 2.52. The van der Waals surface area contributed by atoms with Gasteiger partial charge in [0.25, 0.3) is 0 Å². The van der Waals surface area contributed by atoms with Gasteiger partial charge in [-0.3, -0.25) is 0 Å². The number of aromatic nitrogens is 1. The summed E-state index contributed by atoms with van der Waals surface area (Å²) in [7, 11) is -0.663. The van der Waals surface area contributed by atoms with Gasteiger partial charge in [-0.15, -0.1) is 0 Å². The van der Waals surface area contributed by atoms with E-state index in [1.54, 1.807) is 6.08 Å². The molecule has 0 amide bonds. The molecule has 0 unspecified atom stereocenters. The molecule has 4 nitrogen and oxygen atoms in total. The molecule has 0 aromatic carbocycles. The largest absolute Gasteiger partial charge is 0.492 e. The number of aliphatic hydroxyl groups excluding tert-OH is 1. The molecule has 7 heteroatoms.